The van der Waals surface area contributed by atoms with Gasteiger partial charge in [0.25, 0.3) is 0 Å². The zero-order valence-corrected chi connectivity index (χ0v) is 30.6. The van der Waals surface area contributed by atoms with Gasteiger partial charge in [0.1, 0.15) is 5.52 Å². The summed E-state index contributed by atoms with van der Waals surface area (Å²) in [4.78, 5) is 21.1. The summed E-state index contributed by atoms with van der Waals surface area (Å²) in [6.07, 6.45) is 10.6. The second kappa shape index (κ2) is 13.3. The number of carbonyl (C=O) groups is 1. The zero-order chi connectivity index (χ0) is 35.0. The highest BCUT2D eigenvalue weighted by atomic mass is 35.5. The van der Waals surface area contributed by atoms with Gasteiger partial charge >= 0.3 is 0 Å². The van der Waals surface area contributed by atoms with Gasteiger partial charge in [-0.3, -0.25) is 4.79 Å². The van der Waals surface area contributed by atoms with Crippen molar-refractivity contribution in [1.82, 2.24) is 19.8 Å². The van der Waals surface area contributed by atoms with E-state index in [-0.39, 0.29) is 47.0 Å². The van der Waals surface area contributed by atoms with E-state index in [9.17, 15) is 10.1 Å². The van der Waals surface area contributed by atoms with E-state index in [4.69, 9.17) is 32.9 Å². The molecule has 10 rings (SSSR count). The van der Waals surface area contributed by atoms with Crippen molar-refractivity contribution in [2.75, 3.05) is 19.7 Å². The summed E-state index contributed by atoms with van der Waals surface area (Å²) < 4.78 is 26.3. The van der Waals surface area contributed by atoms with E-state index in [1.165, 1.54) is 32.1 Å². The topological polar surface area (TPSA) is 83.2 Å². The smallest absolute Gasteiger partial charge is 0.226 e. The monoisotopic (exact) mass is 727 g/mol. The average molecular weight is 729 g/mol. The van der Waals surface area contributed by atoms with Crippen LogP contribution in [0.1, 0.15) is 93.2 Å². The number of nitriles is 1. The molecule has 3 saturated heterocycles. The minimum absolute atomic E-state index is 0.0154. The molecule has 1 amide bonds. The molecule has 6 aliphatic rings. The number of rotatable bonds is 9. The molecule has 2 bridgehead atoms. The fourth-order valence-electron chi connectivity index (χ4n) is 9.73. The number of benzene rings is 2. The molecule has 5 heterocycles. The standard InChI is InChI=1S/C41H44Cl2FN5O2/c1-22-29-18-34(33-17-27(20-48(33)41(50)24-12-13-24)51-21-23-7-3-2-4-8-23)49(39-26-16-32(39)46-19-26)40(29)30-15-25(9-6-14-45)35(37(44)38(30)47-22)28-10-5-11-31(42)36(28)43/h5,10-11,15,18,23-24,26-27,32-33,39,46H,2-4,6-9,12-13,16-17,19-21H2,1H3. The molecule has 51 heavy (non-hydrogen) atoms. The van der Waals surface area contributed by atoms with Crippen LogP contribution in [0.15, 0.2) is 30.3 Å². The lowest BCUT2D eigenvalue weighted by atomic mass is 9.79. The fraction of sp³-hybridized carbons (Fsp3) is 0.537. The number of aryl methyl sites for hydroxylation is 2. The predicted octanol–water partition coefficient (Wildman–Crippen LogP) is 9.25. The molecule has 0 spiro atoms. The number of hydrogen-bond donors (Lipinski definition) is 1. The van der Waals surface area contributed by atoms with Gasteiger partial charge in [0.05, 0.1) is 39.8 Å². The third kappa shape index (κ3) is 5.75. The van der Waals surface area contributed by atoms with Gasteiger partial charge in [-0.05, 0) is 81.0 Å². The van der Waals surface area contributed by atoms with Crippen molar-refractivity contribution in [1.29, 1.82) is 5.26 Å². The van der Waals surface area contributed by atoms with E-state index >= 15 is 4.39 Å². The summed E-state index contributed by atoms with van der Waals surface area (Å²) in [6.45, 7) is 4.27. The Bertz CT molecular complexity index is 2070. The first-order valence-corrected chi connectivity index (χ1v) is 19.7. The summed E-state index contributed by atoms with van der Waals surface area (Å²) in [5.74, 6) is 0.934. The van der Waals surface area contributed by atoms with E-state index in [1.807, 2.05) is 13.0 Å². The Hall–Kier alpha value is -3.22. The maximum absolute atomic E-state index is 17.2. The van der Waals surface area contributed by atoms with Crippen molar-refractivity contribution >= 4 is 50.9 Å². The molecule has 0 radical (unpaired) electrons. The number of hydrogen-bond acceptors (Lipinski definition) is 5. The summed E-state index contributed by atoms with van der Waals surface area (Å²) in [6, 6.07) is 12.1. The Balaban J connectivity index is 1.22. The molecule has 5 atom stereocenters. The largest absolute Gasteiger partial charge is 0.376 e. The lowest BCUT2D eigenvalue weighted by molar-refractivity contribution is -0.134. The number of pyridine rings is 1. The van der Waals surface area contributed by atoms with Crippen LogP contribution in [0.2, 0.25) is 10.0 Å². The van der Waals surface area contributed by atoms with Crippen molar-refractivity contribution in [3.8, 4) is 17.2 Å². The number of halogens is 3. The Morgan fingerprint density at radius 3 is 2.67 bits per heavy atom. The number of amides is 1. The van der Waals surface area contributed by atoms with Crippen molar-refractivity contribution in [2.24, 2.45) is 17.8 Å². The lowest BCUT2D eigenvalue weighted by Crippen LogP contribution is -2.41. The van der Waals surface area contributed by atoms with Gasteiger partial charge < -0.3 is 19.5 Å². The van der Waals surface area contributed by atoms with Crippen LogP contribution < -0.4 is 5.32 Å². The number of aromatic nitrogens is 2. The van der Waals surface area contributed by atoms with Gasteiger partial charge in [0.15, 0.2) is 5.82 Å². The summed E-state index contributed by atoms with van der Waals surface area (Å²) in [5.41, 5.74) is 4.62. The first kappa shape index (κ1) is 33.6. The first-order valence-electron chi connectivity index (χ1n) is 19.0. The number of ether oxygens (including phenoxy) is 1. The van der Waals surface area contributed by atoms with Crippen LogP contribution in [0.3, 0.4) is 0 Å². The number of carbonyl (C=O) groups excluding carboxylic acids is 1. The summed E-state index contributed by atoms with van der Waals surface area (Å²) in [7, 11) is 0. The van der Waals surface area contributed by atoms with Crippen LogP contribution in [0, 0.1) is 41.8 Å². The highest BCUT2D eigenvalue weighted by Gasteiger charge is 2.51. The van der Waals surface area contributed by atoms with Crippen molar-refractivity contribution in [3.05, 3.63) is 63.1 Å². The summed E-state index contributed by atoms with van der Waals surface area (Å²) >= 11 is 13.1. The molecule has 10 heteroatoms. The lowest BCUT2D eigenvalue weighted by Gasteiger charge is -2.39. The van der Waals surface area contributed by atoms with E-state index in [0.717, 1.165) is 66.5 Å². The fourth-order valence-corrected chi connectivity index (χ4v) is 10.1. The second-order valence-corrected chi connectivity index (χ2v) is 16.5. The highest BCUT2D eigenvalue weighted by Crippen LogP contribution is 2.51. The molecule has 2 aromatic carbocycles. The molecule has 6 fully saturated rings. The van der Waals surface area contributed by atoms with Crippen LogP contribution in [0.4, 0.5) is 4.39 Å². The Labute approximate surface area is 308 Å². The Morgan fingerprint density at radius 2 is 1.94 bits per heavy atom. The van der Waals surface area contributed by atoms with Gasteiger partial charge in [-0.2, -0.15) is 5.26 Å². The van der Waals surface area contributed by atoms with Crippen molar-refractivity contribution < 1.29 is 13.9 Å². The van der Waals surface area contributed by atoms with Gasteiger partial charge in [-0.1, -0.05) is 54.6 Å². The summed E-state index contributed by atoms with van der Waals surface area (Å²) in [5, 5.41) is 15.7. The zero-order valence-electron chi connectivity index (χ0n) is 29.1. The highest BCUT2D eigenvalue weighted by molar-refractivity contribution is 6.43. The molecular formula is C41H44Cl2FN5O2. The number of nitrogens with one attached hydrogen (secondary N) is 1. The molecule has 3 saturated carbocycles. The normalized spacial score (nSPS) is 26.3. The first-order chi connectivity index (χ1) is 24.8. The minimum Gasteiger partial charge on any atom is -0.376 e. The molecule has 2 aromatic heterocycles. The molecule has 266 valence electrons. The maximum atomic E-state index is 17.2. The van der Waals surface area contributed by atoms with E-state index in [0.29, 0.717) is 52.6 Å². The van der Waals surface area contributed by atoms with E-state index < -0.39 is 5.82 Å². The van der Waals surface area contributed by atoms with Crippen LogP contribution >= 0.6 is 23.2 Å². The minimum atomic E-state index is -0.457. The van der Waals surface area contributed by atoms with Crippen LogP contribution in [0.5, 0.6) is 0 Å². The Kier molecular flexibility index (Phi) is 8.78. The molecule has 1 N–H and O–H groups in total. The predicted molar refractivity (Wildman–Crippen MR) is 198 cm³/mol. The van der Waals surface area contributed by atoms with Gasteiger partial charge in [-0.15, -0.1) is 0 Å². The Morgan fingerprint density at radius 1 is 1.12 bits per heavy atom. The van der Waals surface area contributed by atoms with Crippen LogP contribution in [-0.2, 0) is 16.0 Å². The third-order valence-electron chi connectivity index (χ3n) is 12.5. The SMILES string of the molecule is Cc1nc2c(F)c(-c3cccc(Cl)c3Cl)c(CCC#N)cc2c2c1cc(C1CC(OCC3CCCCC3)CN1C(=O)C1CC1)n2C1C2CNC1C2. The van der Waals surface area contributed by atoms with E-state index in [1.54, 1.807) is 18.2 Å². The van der Waals surface area contributed by atoms with Gasteiger partial charge in [0.2, 0.25) is 5.91 Å². The van der Waals surface area contributed by atoms with Gasteiger partial charge in [0, 0.05) is 77.8 Å². The van der Waals surface area contributed by atoms with Crippen molar-refractivity contribution in [2.45, 2.75) is 102 Å². The third-order valence-corrected chi connectivity index (χ3v) is 13.4. The van der Waals surface area contributed by atoms with Crippen LogP contribution in [-0.4, -0.2) is 52.2 Å². The molecule has 3 aliphatic carbocycles. The number of likely N-dealkylation sites (tertiary alicyclic amines) is 1. The molecule has 3 aliphatic heterocycles. The van der Waals surface area contributed by atoms with Crippen molar-refractivity contribution in [3.63, 3.8) is 0 Å². The molecule has 7 nitrogen and oxygen atoms in total. The van der Waals surface area contributed by atoms with E-state index in [2.05, 4.69) is 26.9 Å². The second-order valence-electron chi connectivity index (χ2n) is 15.8. The average Bonchev–Trinajstić information content (AvgIpc) is 3.43. The quantitative estimate of drug-likeness (QED) is 0.186. The van der Waals surface area contributed by atoms with Crippen LogP contribution in [0.25, 0.3) is 32.9 Å². The maximum Gasteiger partial charge on any atom is 0.226 e. The van der Waals surface area contributed by atoms with Gasteiger partial charge in [-0.25, -0.2) is 9.37 Å². The molecular weight excluding hydrogens is 684 g/mol. The molecule has 5 unspecified atom stereocenters. The molecule has 4 aromatic rings. The number of fused-ring (bicyclic) bond motifs is 4. The number of nitrogens with zero attached hydrogens (tertiary/aromatic N) is 4.